The Hall–Kier alpha value is -2.01. The molecule has 1 aromatic carbocycles. The summed E-state index contributed by atoms with van der Waals surface area (Å²) in [5.41, 5.74) is 8.62. The van der Waals surface area contributed by atoms with Crippen molar-refractivity contribution in [3.8, 4) is 5.88 Å². The van der Waals surface area contributed by atoms with Crippen molar-refractivity contribution < 1.29 is 4.74 Å². The van der Waals surface area contributed by atoms with E-state index in [0.29, 0.717) is 11.6 Å². The van der Waals surface area contributed by atoms with E-state index in [9.17, 15) is 0 Å². The number of hydrogen-bond acceptors (Lipinski definition) is 4. The van der Waals surface area contributed by atoms with Gasteiger partial charge in [-0.25, -0.2) is 9.97 Å². The number of benzene rings is 1. The first-order chi connectivity index (χ1) is 9.74. The van der Waals surface area contributed by atoms with Crippen molar-refractivity contribution in [3.63, 3.8) is 0 Å². The van der Waals surface area contributed by atoms with Gasteiger partial charge in [0.25, 0.3) is 0 Å². The van der Waals surface area contributed by atoms with Crippen LogP contribution >= 0.6 is 12.2 Å². The third-order valence-electron chi connectivity index (χ3n) is 3.46. The van der Waals surface area contributed by atoms with Crippen LogP contribution in [0.1, 0.15) is 35.8 Å². The highest BCUT2D eigenvalue weighted by Crippen LogP contribution is 2.32. The van der Waals surface area contributed by atoms with Gasteiger partial charge in [0.15, 0.2) is 0 Å². The Morgan fingerprint density at radius 3 is 2.85 bits per heavy atom. The molecule has 0 aliphatic heterocycles. The van der Waals surface area contributed by atoms with Gasteiger partial charge in [-0.1, -0.05) is 36.5 Å². The largest absolute Gasteiger partial charge is 0.468 e. The van der Waals surface area contributed by atoms with Crippen molar-refractivity contribution in [2.45, 2.75) is 25.4 Å². The molecule has 1 aromatic heterocycles. The van der Waals surface area contributed by atoms with E-state index in [1.165, 1.54) is 11.1 Å². The SMILES string of the molecule is NC(=S)c1cnc(OC2CCCc3ccccc32)cn1. The summed E-state index contributed by atoms with van der Waals surface area (Å²) in [6.07, 6.45) is 6.40. The number of aromatic nitrogens is 2. The Kier molecular flexibility index (Phi) is 3.60. The van der Waals surface area contributed by atoms with Gasteiger partial charge in [0, 0.05) is 0 Å². The topological polar surface area (TPSA) is 61.0 Å². The molecule has 0 bridgehead atoms. The quantitative estimate of drug-likeness (QED) is 0.878. The molecule has 5 heteroatoms. The second-order valence-electron chi connectivity index (χ2n) is 4.80. The summed E-state index contributed by atoms with van der Waals surface area (Å²) in [6, 6.07) is 8.39. The van der Waals surface area contributed by atoms with Crippen LogP contribution in [0.4, 0.5) is 0 Å². The highest BCUT2D eigenvalue weighted by Gasteiger charge is 2.21. The number of rotatable bonds is 3. The highest BCUT2D eigenvalue weighted by molar-refractivity contribution is 7.80. The van der Waals surface area contributed by atoms with Gasteiger partial charge in [0.05, 0.1) is 12.4 Å². The minimum Gasteiger partial charge on any atom is -0.468 e. The summed E-state index contributed by atoms with van der Waals surface area (Å²) >= 11 is 4.85. The molecule has 20 heavy (non-hydrogen) atoms. The van der Waals surface area contributed by atoms with E-state index in [2.05, 4.69) is 28.2 Å². The smallest absolute Gasteiger partial charge is 0.232 e. The lowest BCUT2D eigenvalue weighted by atomic mass is 9.89. The fourth-order valence-electron chi connectivity index (χ4n) is 2.48. The predicted molar refractivity (Wildman–Crippen MR) is 80.7 cm³/mol. The van der Waals surface area contributed by atoms with Gasteiger partial charge in [-0.05, 0) is 30.4 Å². The number of hydrogen-bond donors (Lipinski definition) is 1. The van der Waals surface area contributed by atoms with Gasteiger partial charge in [0.1, 0.15) is 16.8 Å². The third-order valence-corrected chi connectivity index (χ3v) is 3.67. The minimum atomic E-state index is 0.0462. The Morgan fingerprint density at radius 2 is 2.10 bits per heavy atom. The van der Waals surface area contributed by atoms with Gasteiger partial charge in [-0.3, -0.25) is 0 Å². The van der Waals surface area contributed by atoms with Crippen molar-refractivity contribution in [3.05, 3.63) is 53.5 Å². The summed E-state index contributed by atoms with van der Waals surface area (Å²) in [5, 5.41) is 0. The van der Waals surface area contributed by atoms with Gasteiger partial charge >= 0.3 is 0 Å². The molecule has 2 aromatic rings. The molecule has 0 fully saturated rings. The lowest BCUT2D eigenvalue weighted by molar-refractivity contribution is 0.175. The summed E-state index contributed by atoms with van der Waals surface area (Å²) < 4.78 is 5.96. The summed E-state index contributed by atoms with van der Waals surface area (Å²) in [7, 11) is 0. The van der Waals surface area contributed by atoms with Gasteiger partial charge in [-0.2, -0.15) is 0 Å². The number of fused-ring (bicyclic) bond motifs is 1. The molecule has 3 rings (SSSR count). The maximum Gasteiger partial charge on any atom is 0.232 e. The highest BCUT2D eigenvalue weighted by atomic mass is 32.1. The number of nitrogens with zero attached hydrogens (tertiary/aromatic N) is 2. The Morgan fingerprint density at radius 1 is 1.25 bits per heavy atom. The number of thiocarbonyl (C=S) groups is 1. The molecule has 4 nitrogen and oxygen atoms in total. The first-order valence-corrected chi connectivity index (χ1v) is 7.01. The standard InChI is InChI=1S/C15H15N3OS/c16-15(20)12-8-18-14(9-17-12)19-13-7-3-5-10-4-1-2-6-11(10)13/h1-2,4,6,8-9,13H,3,5,7H2,(H2,16,20). The number of nitrogens with two attached hydrogens (primary N) is 1. The lowest BCUT2D eigenvalue weighted by Crippen LogP contribution is -2.16. The maximum atomic E-state index is 5.96. The van der Waals surface area contributed by atoms with Crippen molar-refractivity contribution >= 4 is 17.2 Å². The predicted octanol–water partition coefficient (Wildman–Crippen LogP) is 2.57. The molecule has 1 heterocycles. The van der Waals surface area contributed by atoms with Gasteiger partial charge < -0.3 is 10.5 Å². The Labute approximate surface area is 123 Å². The maximum absolute atomic E-state index is 5.96. The first-order valence-electron chi connectivity index (χ1n) is 6.60. The summed E-state index contributed by atoms with van der Waals surface area (Å²) in [5.74, 6) is 0.506. The molecule has 2 N–H and O–H groups in total. The second-order valence-corrected chi connectivity index (χ2v) is 5.24. The average Bonchev–Trinajstić information content (AvgIpc) is 2.48. The fraction of sp³-hybridized carbons (Fsp3) is 0.267. The van der Waals surface area contributed by atoms with Crippen LogP contribution in [0.5, 0.6) is 5.88 Å². The number of ether oxygens (including phenoxy) is 1. The van der Waals surface area contributed by atoms with E-state index in [-0.39, 0.29) is 11.1 Å². The molecule has 1 unspecified atom stereocenters. The van der Waals surface area contributed by atoms with Gasteiger partial charge in [-0.15, -0.1) is 0 Å². The molecule has 1 atom stereocenters. The Bertz CT molecular complexity index is 627. The second kappa shape index (κ2) is 5.54. The zero-order valence-electron chi connectivity index (χ0n) is 11.0. The van der Waals surface area contributed by atoms with Crippen molar-refractivity contribution in [1.29, 1.82) is 0 Å². The minimum absolute atomic E-state index is 0.0462. The van der Waals surface area contributed by atoms with E-state index in [1.807, 2.05) is 6.07 Å². The molecule has 0 amide bonds. The van der Waals surface area contributed by atoms with E-state index in [4.69, 9.17) is 22.7 Å². The molecule has 0 spiro atoms. The molecule has 1 aliphatic carbocycles. The number of aryl methyl sites for hydroxylation is 1. The molecule has 0 saturated heterocycles. The van der Waals surface area contributed by atoms with Crippen LogP contribution in [0, 0.1) is 0 Å². The van der Waals surface area contributed by atoms with Crippen molar-refractivity contribution in [2.24, 2.45) is 5.73 Å². The van der Waals surface area contributed by atoms with Crippen LogP contribution in [0.15, 0.2) is 36.7 Å². The van der Waals surface area contributed by atoms with Crippen LogP contribution in [-0.2, 0) is 6.42 Å². The fourth-order valence-corrected chi connectivity index (χ4v) is 2.59. The van der Waals surface area contributed by atoms with Crippen LogP contribution in [0.2, 0.25) is 0 Å². The molecular formula is C15H15N3OS. The van der Waals surface area contributed by atoms with Crippen LogP contribution in [-0.4, -0.2) is 15.0 Å². The van der Waals surface area contributed by atoms with E-state index in [1.54, 1.807) is 12.4 Å². The van der Waals surface area contributed by atoms with E-state index < -0.39 is 0 Å². The first kappa shape index (κ1) is 13.0. The van der Waals surface area contributed by atoms with Crippen molar-refractivity contribution in [2.75, 3.05) is 0 Å². The average molecular weight is 285 g/mol. The zero-order chi connectivity index (χ0) is 13.9. The normalized spacial score (nSPS) is 17.3. The molecule has 0 radical (unpaired) electrons. The third kappa shape index (κ3) is 2.63. The summed E-state index contributed by atoms with van der Waals surface area (Å²) in [6.45, 7) is 0. The Balaban J connectivity index is 1.80. The monoisotopic (exact) mass is 285 g/mol. The molecular weight excluding hydrogens is 270 g/mol. The van der Waals surface area contributed by atoms with E-state index >= 15 is 0 Å². The van der Waals surface area contributed by atoms with Gasteiger partial charge in [0.2, 0.25) is 5.88 Å². The molecule has 1 aliphatic rings. The van der Waals surface area contributed by atoms with Crippen LogP contribution < -0.4 is 10.5 Å². The molecule has 0 saturated carbocycles. The zero-order valence-corrected chi connectivity index (χ0v) is 11.8. The molecule has 102 valence electrons. The summed E-state index contributed by atoms with van der Waals surface area (Å²) in [4.78, 5) is 8.60. The lowest BCUT2D eigenvalue weighted by Gasteiger charge is -2.25. The van der Waals surface area contributed by atoms with Crippen LogP contribution in [0.25, 0.3) is 0 Å². The van der Waals surface area contributed by atoms with E-state index in [0.717, 1.165) is 19.3 Å². The van der Waals surface area contributed by atoms with Crippen LogP contribution in [0.3, 0.4) is 0 Å². The van der Waals surface area contributed by atoms with Crippen molar-refractivity contribution in [1.82, 2.24) is 9.97 Å².